The van der Waals surface area contributed by atoms with Crippen molar-refractivity contribution in [2.24, 2.45) is 0 Å². The highest BCUT2D eigenvalue weighted by molar-refractivity contribution is 6.05. The lowest BCUT2D eigenvalue weighted by Crippen LogP contribution is -2.58. The molecule has 33 heavy (non-hydrogen) atoms. The number of nitrogens with zero attached hydrogens (tertiary/aromatic N) is 1. The first-order chi connectivity index (χ1) is 16.1. The standard InChI is InChI=1S/C28H27NO4/c30-27(32-18-19-7-2-1-3-8-19)29-21-9-6-10-22(29)17-28(31,16-21)20-13-14-26-24(15-20)23-11-4-5-12-25(23)33-26/h1-5,7-8,11-15,21-22,31H,6,9-10,16-18H2. The Labute approximate surface area is 192 Å². The van der Waals surface area contributed by atoms with E-state index < -0.39 is 5.60 Å². The van der Waals surface area contributed by atoms with Crippen molar-refractivity contribution in [2.45, 2.75) is 56.4 Å². The Bertz CT molecular complexity index is 1300. The zero-order valence-corrected chi connectivity index (χ0v) is 18.4. The van der Waals surface area contributed by atoms with Gasteiger partial charge in [0.05, 0.1) is 5.60 Å². The van der Waals surface area contributed by atoms with Gasteiger partial charge in [0.2, 0.25) is 0 Å². The fraction of sp³-hybridized carbons (Fsp3) is 0.321. The van der Waals surface area contributed by atoms with Crippen LogP contribution in [-0.4, -0.2) is 28.2 Å². The van der Waals surface area contributed by atoms with Gasteiger partial charge in [0.15, 0.2) is 0 Å². The van der Waals surface area contributed by atoms with Gasteiger partial charge in [-0.2, -0.15) is 0 Å². The van der Waals surface area contributed by atoms with Gasteiger partial charge in [0.1, 0.15) is 17.8 Å². The SMILES string of the molecule is O=C(OCc1ccccc1)N1C2CCCC1CC(O)(c1ccc3oc4ccccc4c3c1)C2. The summed E-state index contributed by atoms with van der Waals surface area (Å²) >= 11 is 0. The lowest BCUT2D eigenvalue weighted by molar-refractivity contribution is -0.0895. The Kier molecular flexibility index (Phi) is 4.88. The molecule has 2 saturated heterocycles. The average molecular weight is 442 g/mol. The lowest BCUT2D eigenvalue weighted by Gasteiger charge is -2.51. The monoisotopic (exact) mass is 441 g/mol. The third kappa shape index (κ3) is 3.57. The third-order valence-electron chi connectivity index (χ3n) is 7.34. The van der Waals surface area contributed by atoms with Gasteiger partial charge in [-0.3, -0.25) is 0 Å². The fourth-order valence-electron chi connectivity index (χ4n) is 5.77. The van der Waals surface area contributed by atoms with Crippen LogP contribution in [0.25, 0.3) is 21.9 Å². The van der Waals surface area contributed by atoms with Crippen LogP contribution < -0.4 is 0 Å². The molecule has 2 aliphatic heterocycles. The van der Waals surface area contributed by atoms with Crippen molar-refractivity contribution in [3.8, 4) is 0 Å². The summed E-state index contributed by atoms with van der Waals surface area (Å²) in [5, 5.41) is 13.9. The molecule has 5 nitrogen and oxygen atoms in total. The molecule has 168 valence electrons. The summed E-state index contributed by atoms with van der Waals surface area (Å²) in [6.45, 7) is 0.268. The van der Waals surface area contributed by atoms with Crippen molar-refractivity contribution in [3.63, 3.8) is 0 Å². The minimum absolute atomic E-state index is 0.0254. The second kappa shape index (κ2) is 7.92. The predicted octanol–water partition coefficient (Wildman–Crippen LogP) is 6.13. The largest absolute Gasteiger partial charge is 0.456 e. The minimum Gasteiger partial charge on any atom is -0.456 e. The first kappa shape index (κ1) is 20.3. The number of rotatable bonds is 3. The molecule has 1 amide bonds. The van der Waals surface area contributed by atoms with E-state index in [0.717, 1.165) is 52.3 Å². The van der Waals surface area contributed by atoms with Crippen LogP contribution in [0.5, 0.6) is 0 Å². The van der Waals surface area contributed by atoms with E-state index in [1.54, 1.807) is 0 Å². The molecule has 1 aromatic heterocycles. The summed E-state index contributed by atoms with van der Waals surface area (Å²) in [5.41, 5.74) is 2.58. The number of ether oxygens (including phenoxy) is 1. The topological polar surface area (TPSA) is 62.9 Å². The van der Waals surface area contributed by atoms with E-state index in [1.807, 2.05) is 65.6 Å². The summed E-state index contributed by atoms with van der Waals surface area (Å²) in [5.74, 6) is 0. The molecule has 3 aromatic carbocycles. The maximum Gasteiger partial charge on any atom is 0.410 e. The van der Waals surface area contributed by atoms with Crippen LogP contribution in [0.2, 0.25) is 0 Å². The van der Waals surface area contributed by atoms with Crippen molar-refractivity contribution in [3.05, 3.63) is 83.9 Å². The molecule has 2 atom stereocenters. The Morgan fingerprint density at radius 2 is 1.64 bits per heavy atom. The van der Waals surface area contributed by atoms with E-state index in [1.165, 1.54) is 0 Å². The molecular formula is C28H27NO4. The number of fused-ring (bicyclic) bond motifs is 5. The quantitative estimate of drug-likeness (QED) is 0.416. The normalized spacial score (nSPS) is 24.8. The second-order valence-electron chi connectivity index (χ2n) is 9.43. The maximum atomic E-state index is 13.0. The number of carbonyl (C=O) groups is 1. The Morgan fingerprint density at radius 3 is 2.42 bits per heavy atom. The zero-order valence-electron chi connectivity index (χ0n) is 18.4. The number of aliphatic hydroxyl groups is 1. The number of furan rings is 1. The molecule has 0 saturated carbocycles. The molecule has 5 heteroatoms. The number of para-hydroxylation sites is 1. The molecule has 0 spiro atoms. The number of benzene rings is 3. The van der Waals surface area contributed by atoms with Crippen LogP contribution in [0.3, 0.4) is 0 Å². The van der Waals surface area contributed by atoms with Gasteiger partial charge >= 0.3 is 6.09 Å². The fourth-order valence-corrected chi connectivity index (χ4v) is 5.77. The molecule has 2 bridgehead atoms. The molecule has 1 N–H and O–H groups in total. The van der Waals surface area contributed by atoms with Gasteiger partial charge in [0, 0.05) is 35.7 Å². The van der Waals surface area contributed by atoms with Crippen LogP contribution >= 0.6 is 0 Å². The number of hydrogen-bond acceptors (Lipinski definition) is 4. The van der Waals surface area contributed by atoms with Gasteiger partial charge in [-0.15, -0.1) is 0 Å². The number of piperidine rings is 2. The highest BCUT2D eigenvalue weighted by atomic mass is 16.6. The van der Waals surface area contributed by atoms with Crippen molar-refractivity contribution >= 4 is 28.0 Å². The predicted molar refractivity (Wildman–Crippen MR) is 127 cm³/mol. The van der Waals surface area contributed by atoms with Crippen molar-refractivity contribution < 1.29 is 19.1 Å². The highest BCUT2D eigenvalue weighted by Crippen LogP contribution is 2.45. The first-order valence-corrected chi connectivity index (χ1v) is 11.7. The van der Waals surface area contributed by atoms with Crippen LogP contribution in [0.15, 0.2) is 77.2 Å². The zero-order chi connectivity index (χ0) is 22.4. The summed E-state index contributed by atoms with van der Waals surface area (Å²) in [6, 6.07) is 23.7. The summed E-state index contributed by atoms with van der Waals surface area (Å²) in [7, 11) is 0. The molecule has 0 radical (unpaired) electrons. The van der Waals surface area contributed by atoms with E-state index >= 15 is 0 Å². The lowest BCUT2D eigenvalue weighted by atomic mass is 9.72. The van der Waals surface area contributed by atoms with Gasteiger partial charge in [0.25, 0.3) is 0 Å². The molecule has 2 fully saturated rings. The van der Waals surface area contributed by atoms with Crippen LogP contribution in [0.1, 0.15) is 43.2 Å². The molecule has 0 aliphatic carbocycles. The number of hydrogen-bond donors (Lipinski definition) is 1. The summed E-state index contributed by atoms with van der Waals surface area (Å²) in [4.78, 5) is 14.9. The summed E-state index contributed by atoms with van der Waals surface area (Å²) < 4.78 is 11.6. The van der Waals surface area contributed by atoms with Crippen molar-refractivity contribution in [1.29, 1.82) is 0 Å². The van der Waals surface area contributed by atoms with E-state index in [0.29, 0.717) is 12.8 Å². The van der Waals surface area contributed by atoms with E-state index in [-0.39, 0.29) is 24.8 Å². The average Bonchev–Trinajstić information content (AvgIpc) is 3.21. The minimum atomic E-state index is -0.974. The van der Waals surface area contributed by atoms with Crippen molar-refractivity contribution in [1.82, 2.24) is 4.90 Å². The molecule has 2 unspecified atom stereocenters. The third-order valence-corrected chi connectivity index (χ3v) is 7.34. The van der Waals surface area contributed by atoms with E-state index in [4.69, 9.17) is 9.15 Å². The highest BCUT2D eigenvalue weighted by Gasteiger charge is 2.48. The second-order valence-corrected chi connectivity index (χ2v) is 9.43. The number of carbonyl (C=O) groups excluding carboxylic acids is 1. The van der Waals surface area contributed by atoms with Gasteiger partial charge in [-0.25, -0.2) is 4.79 Å². The van der Waals surface area contributed by atoms with Gasteiger partial charge in [-0.05, 0) is 48.6 Å². The molecular weight excluding hydrogens is 414 g/mol. The molecule has 3 heterocycles. The van der Waals surface area contributed by atoms with Crippen LogP contribution in [0.4, 0.5) is 4.79 Å². The smallest absolute Gasteiger partial charge is 0.410 e. The van der Waals surface area contributed by atoms with E-state index in [2.05, 4.69) is 12.1 Å². The summed E-state index contributed by atoms with van der Waals surface area (Å²) in [6.07, 6.45) is 3.61. The number of amides is 1. The van der Waals surface area contributed by atoms with Gasteiger partial charge < -0.3 is 19.2 Å². The molecule has 4 aromatic rings. The van der Waals surface area contributed by atoms with Crippen LogP contribution in [0, 0.1) is 0 Å². The molecule has 2 aliphatic rings. The van der Waals surface area contributed by atoms with Gasteiger partial charge in [-0.1, -0.05) is 54.6 Å². The Morgan fingerprint density at radius 1 is 0.939 bits per heavy atom. The Balaban J connectivity index is 1.26. The first-order valence-electron chi connectivity index (χ1n) is 11.7. The maximum absolute atomic E-state index is 13.0. The Hall–Kier alpha value is -3.31. The van der Waals surface area contributed by atoms with Crippen LogP contribution in [-0.2, 0) is 16.9 Å². The van der Waals surface area contributed by atoms with Crippen molar-refractivity contribution in [2.75, 3.05) is 0 Å². The van der Waals surface area contributed by atoms with E-state index in [9.17, 15) is 9.90 Å². The molecule has 6 rings (SSSR count).